The lowest BCUT2D eigenvalue weighted by Gasteiger charge is -2.26. The van der Waals surface area contributed by atoms with Crippen LogP contribution >= 0.6 is 0 Å². The van der Waals surface area contributed by atoms with Gasteiger partial charge in [0.1, 0.15) is 0 Å². The van der Waals surface area contributed by atoms with Crippen molar-refractivity contribution in [2.24, 2.45) is 0 Å². The Hall–Kier alpha value is -2.53. The topological polar surface area (TPSA) is 47.6 Å². The molecule has 0 aromatic heterocycles. The summed E-state index contributed by atoms with van der Waals surface area (Å²) in [6.07, 6.45) is 0. The minimum absolute atomic E-state index is 0.124. The van der Waals surface area contributed by atoms with Crippen LogP contribution in [-0.2, 0) is 6.54 Å². The lowest BCUT2D eigenvalue weighted by atomic mass is 10.1. The molecule has 25 heavy (non-hydrogen) atoms. The van der Waals surface area contributed by atoms with E-state index in [2.05, 4.69) is 44.7 Å². The first-order chi connectivity index (χ1) is 12.0. The van der Waals surface area contributed by atoms with E-state index in [4.69, 9.17) is 0 Å². The Morgan fingerprint density at radius 2 is 1.56 bits per heavy atom. The molecule has 2 N–H and O–H groups in total. The molecule has 0 bridgehead atoms. The maximum absolute atomic E-state index is 12.1. The van der Waals surface area contributed by atoms with E-state index in [-0.39, 0.29) is 12.1 Å². The Morgan fingerprint density at radius 1 is 0.920 bits per heavy atom. The number of nitrogens with one attached hydrogen (secondary N) is 2. The number of carbonyl (C=O) groups is 1. The third-order valence-electron chi connectivity index (χ3n) is 4.17. The quantitative estimate of drug-likeness (QED) is 0.815. The number of likely N-dealkylation sites (N-methyl/N-ethyl adjacent to an activating group) is 1. The van der Waals surface area contributed by atoms with Crippen LogP contribution in [0.5, 0.6) is 0 Å². The highest BCUT2D eigenvalue weighted by Crippen LogP contribution is 2.20. The largest absolute Gasteiger partial charge is 0.378 e. The molecule has 2 aromatic carbocycles. The minimum Gasteiger partial charge on any atom is -0.378 e. The van der Waals surface area contributed by atoms with Crippen LogP contribution in [0.4, 0.5) is 10.5 Å². The Balaban J connectivity index is 1.89. The molecule has 0 aliphatic rings. The number of hydrogen-bond donors (Lipinski definition) is 2. The van der Waals surface area contributed by atoms with Gasteiger partial charge >= 0.3 is 6.03 Å². The summed E-state index contributed by atoms with van der Waals surface area (Å²) in [5.74, 6) is 0. The third-order valence-corrected chi connectivity index (χ3v) is 4.17. The van der Waals surface area contributed by atoms with Crippen molar-refractivity contribution < 1.29 is 4.79 Å². The van der Waals surface area contributed by atoms with Gasteiger partial charge < -0.3 is 20.4 Å². The molecular weight excluding hydrogens is 312 g/mol. The number of urea groups is 1. The number of nitrogens with zero attached hydrogens (tertiary/aromatic N) is 2. The molecule has 2 aromatic rings. The smallest absolute Gasteiger partial charge is 0.315 e. The van der Waals surface area contributed by atoms with E-state index in [1.54, 1.807) is 0 Å². The number of carbonyl (C=O) groups excluding carboxylic acids is 1. The number of rotatable bonds is 7. The normalized spacial score (nSPS) is 11.9. The first kappa shape index (κ1) is 18.8. The predicted molar refractivity (Wildman–Crippen MR) is 104 cm³/mol. The van der Waals surface area contributed by atoms with Gasteiger partial charge in [-0.15, -0.1) is 0 Å². The van der Waals surface area contributed by atoms with E-state index < -0.39 is 0 Å². The van der Waals surface area contributed by atoms with E-state index in [1.165, 1.54) is 5.56 Å². The molecule has 5 nitrogen and oxygen atoms in total. The summed E-state index contributed by atoms with van der Waals surface area (Å²) >= 11 is 0. The molecule has 0 spiro atoms. The number of anilines is 1. The van der Waals surface area contributed by atoms with Gasteiger partial charge in [-0.3, -0.25) is 0 Å². The molecule has 0 saturated heterocycles. The average molecular weight is 340 g/mol. The molecule has 0 fully saturated rings. The van der Waals surface area contributed by atoms with E-state index in [0.29, 0.717) is 13.1 Å². The molecule has 134 valence electrons. The van der Waals surface area contributed by atoms with Crippen molar-refractivity contribution >= 4 is 11.7 Å². The zero-order valence-electron chi connectivity index (χ0n) is 15.5. The molecule has 2 rings (SSSR count). The molecule has 0 aliphatic heterocycles. The lowest BCUT2D eigenvalue weighted by molar-refractivity contribution is 0.232. The van der Waals surface area contributed by atoms with Gasteiger partial charge in [0, 0.05) is 32.9 Å². The summed E-state index contributed by atoms with van der Waals surface area (Å²) in [5.41, 5.74) is 3.43. The maximum atomic E-state index is 12.1. The average Bonchev–Trinajstić information content (AvgIpc) is 2.61. The summed E-state index contributed by atoms with van der Waals surface area (Å²) in [6, 6.07) is 18.3. The second-order valence-corrected chi connectivity index (χ2v) is 6.51. The zero-order chi connectivity index (χ0) is 18.2. The molecule has 0 saturated carbocycles. The Bertz CT molecular complexity index is 653. The van der Waals surface area contributed by atoms with Gasteiger partial charge in [-0.1, -0.05) is 42.5 Å². The van der Waals surface area contributed by atoms with Gasteiger partial charge in [0.25, 0.3) is 0 Å². The van der Waals surface area contributed by atoms with E-state index in [1.807, 2.05) is 58.5 Å². The summed E-state index contributed by atoms with van der Waals surface area (Å²) < 4.78 is 0. The van der Waals surface area contributed by atoms with Crippen molar-refractivity contribution in [3.63, 3.8) is 0 Å². The molecular formula is C20H28N4O. The van der Waals surface area contributed by atoms with Gasteiger partial charge in [0.05, 0.1) is 6.04 Å². The SMILES string of the molecule is CN(C)c1ccc([C@H](CNC(=O)NCc2ccccc2)N(C)C)cc1. The number of benzene rings is 2. The molecule has 0 aliphatic carbocycles. The standard InChI is InChI=1S/C20H28N4O/c1-23(2)18-12-10-17(11-13-18)19(24(3)4)15-22-20(25)21-14-16-8-6-5-7-9-16/h5-13,19H,14-15H2,1-4H3,(H2,21,22,25)/t19-/m0/s1. The fourth-order valence-electron chi connectivity index (χ4n) is 2.62. The number of amides is 2. The minimum atomic E-state index is -0.152. The first-order valence-corrected chi connectivity index (χ1v) is 8.46. The van der Waals surface area contributed by atoms with Crippen LogP contribution in [0.1, 0.15) is 17.2 Å². The molecule has 0 radical (unpaired) electrons. The highest BCUT2D eigenvalue weighted by Gasteiger charge is 2.15. The fourth-order valence-corrected chi connectivity index (χ4v) is 2.62. The Kier molecular flexibility index (Phi) is 6.83. The van der Waals surface area contributed by atoms with Crippen LogP contribution in [-0.4, -0.2) is 45.7 Å². The summed E-state index contributed by atoms with van der Waals surface area (Å²) in [7, 11) is 8.09. The zero-order valence-corrected chi connectivity index (χ0v) is 15.5. The molecule has 5 heteroatoms. The summed E-state index contributed by atoms with van der Waals surface area (Å²) in [6.45, 7) is 1.08. The second-order valence-electron chi connectivity index (χ2n) is 6.51. The van der Waals surface area contributed by atoms with Crippen LogP contribution in [0.3, 0.4) is 0 Å². The van der Waals surface area contributed by atoms with Crippen molar-refractivity contribution in [2.45, 2.75) is 12.6 Å². The van der Waals surface area contributed by atoms with Gasteiger partial charge in [-0.05, 0) is 37.4 Å². The van der Waals surface area contributed by atoms with Crippen LogP contribution in [0.2, 0.25) is 0 Å². The van der Waals surface area contributed by atoms with Crippen molar-refractivity contribution in [3.8, 4) is 0 Å². The van der Waals surface area contributed by atoms with Crippen LogP contribution in [0, 0.1) is 0 Å². The van der Waals surface area contributed by atoms with E-state index >= 15 is 0 Å². The fraction of sp³-hybridized carbons (Fsp3) is 0.350. The summed E-state index contributed by atoms with van der Waals surface area (Å²) in [4.78, 5) is 16.3. The van der Waals surface area contributed by atoms with Gasteiger partial charge in [0.2, 0.25) is 0 Å². The number of hydrogen-bond acceptors (Lipinski definition) is 3. The molecule has 1 atom stereocenters. The molecule has 0 unspecified atom stereocenters. The van der Waals surface area contributed by atoms with E-state index in [9.17, 15) is 4.79 Å². The predicted octanol–water partition coefficient (Wildman–Crippen LogP) is 2.85. The molecule has 2 amide bonds. The Morgan fingerprint density at radius 3 is 2.12 bits per heavy atom. The van der Waals surface area contributed by atoms with Crippen molar-refractivity contribution in [2.75, 3.05) is 39.6 Å². The highest BCUT2D eigenvalue weighted by molar-refractivity contribution is 5.73. The second kappa shape index (κ2) is 9.08. The third kappa shape index (κ3) is 5.80. The first-order valence-electron chi connectivity index (χ1n) is 8.46. The molecule has 0 heterocycles. The van der Waals surface area contributed by atoms with Gasteiger partial charge in [0.15, 0.2) is 0 Å². The van der Waals surface area contributed by atoms with Crippen molar-refractivity contribution in [1.82, 2.24) is 15.5 Å². The Labute approximate surface area is 150 Å². The van der Waals surface area contributed by atoms with Crippen molar-refractivity contribution in [3.05, 3.63) is 65.7 Å². The lowest BCUT2D eigenvalue weighted by Crippen LogP contribution is -2.40. The van der Waals surface area contributed by atoms with E-state index in [0.717, 1.165) is 11.3 Å². The van der Waals surface area contributed by atoms with Crippen molar-refractivity contribution in [1.29, 1.82) is 0 Å². The van der Waals surface area contributed by atoms with Crippen LogP contribution < -0.4 is 15.5 Å². The highest BCUT2D eigenvalue weighted by atomic mass is 16.2. The monoisotopic (exact) mass is 340 g/mol. The van der Waals surface area contributed by atoms with Crippen LogP contribution in [0.25, 0.3) is 0 Å². The van der Waals surface area contributed by atoms with Crippen LogP contribution in [0.15, 0.2) is 54.6 Å². The maximum Gasteiger partial charge on any atom is 0.315 e. The van der Waals surface area contributed by atoms with Gasteiger partial charge in [-0.25, -0.2) is 4.79 Å². The van der Waals surface area contributed by atoms with Gasteiger partial charge in [-0.2, -0.15) is 0 Å². The summed E-state index contributed by atoms with van der Waals surface area (Å²) in [5, 5.41) is 5.86.